The Morgan fingerprint density at radius 1 is 1.13 bits per heavy atom. The number of nitrogens with one attached hydrogen (secondary N) is 1. The summed E-state index contributed by atoms with van der Waals surface area (Å²) >= 11 is 0. The summed E-state index contributed by atoms with van der Waals surface area (Å²) in [5, 5.41) is 12.0. The highest BCUT2D eigenvalue weighted by Crippen LogP contribution is 2.18. The molecule has 2 rings (SSSR count). The normalized spacial score (nSPS) is 9.27. The van der Waals surface area contributed by atoms with Gasteiger partial charge < -0.3 is 5.32 Å². The molecule has 3 nitrogen and oxygen atoms in total. The van der Waals surface area contributed by atoms with Crippen molar-refractivity contribution < 1.29 is 0 Å². The van der Waals surface area contributed by atoms with Crippen LogP contribution in [-0.2, 0) is 0 Å². The zero-order valence-corrected chi connectivity index (χ0v) is 8.01. The molecule has 0 saturated carbocycles. The fourth-order valence-electron chi connectivity index (χ4n) is 1.27. The number of nitrogens with zero attached hydrogens (tertiary/aromatic N) is 2. The zero-order valence-electron chi connectivity index (χ0n) is 8.01. The molecule has 1 heterocycles. The quantitative estimate of drug-likeness (QED) is 0.801. The molecule has 0 amide bonds. The average molecular weight is 195 g/mol. The van der Waals surface area contributed by atoms with Crippen molar-refractivity contribution in [2.24, 2.45) is 0 Å². The number of hydrogen-bond acceptors (Lipinski definition) is 3. The number of hydrogen-bond donors (Lipinski definition) is 1. The van der Waals surface area contributed by atoms with E-state index in [9.17, 15) is 0 Å². The van der Waals surface area contributed by atoms with E-state index in [-0.39, 0.29) is 0 Å². The molecular weight excluding hydrogens is 186 g/mol. The second-order valence-corrected chi connectivity index (χ2v) is 3.02. The molecule has 72 valence electrons. The van der Waals surface area contributed by atoms with Crippen LogP contribution in [0, 0.1) is 11.3 Å². The number of aromatic nitrogens is 1. The molecule has 0 saturated heterocycles. The first-order valence-electron chi connectivity index (χ1n) is 4.56. The Hall–Kier alpha value is -2.34. The van der Waals surface area contributed by atoms with Gasteiger partial charge in [-0.15, -0.1) is 0 Å². The number of benzene rings is 1. The van der Waals surface area contributed by atoms with Gasteiger partial charge in [0.1, 0.15) is 6.07 Å². The van der Waals surface area contributed by atoms with Crippen LogP contribution in [0.3, 0.4) is 0 Å². The monoisotopic (exact) mass is 195 g/mol. The third-order valence-electron chi connectivity index (χ3n) is 1.99. The van der Waals surface area contributed by atoms with Crippen molar-refractivity contribution in [3.05, 3.63) is 54.4 Å². The molecule has 15 heavy (non-hydrogen) atoms. The van der Waals surface area contributed by atoms with Crippen LogP contribution < -0.4 is 5.32 Å². The minimum absolute atomic E-state index is 0.543. The number of anilines is 2. The Balaban J connectivity index is 2.29. The van der Waals surface area contributed by atoms with Gasteiger partial charge in [0.05, 0.1) is 11.3 Å². The summed E-state index contributed by atoms with van der Waals surface area (Å²) in [5.74, 6) is 0. The lowest BCUT2D eigenvalue weighted by Crippen LogP contribution is -1.93. The van der Waals surface area contributed by atoms with Gasteiger partial charge in [0, 0.05) is 18.1 Å². The van der Waals surface area contributed by atoms with E-state index in [2.05, 4.69) is 16.4 Å². The first-order chi connectivity index (χ1) is 7.40. The van der Waals surface area contributed by atoms with Gasteiger partial charge in [-0.1, -0.05) is 18.2 Å². The van der Waals surface area contributed by atoms with E-state index < -0.39 is 0 Å². The standard InChI is InChI=1S/C12H9N3/c13-8-10-9-14-7-6-12(10)15-11-4-2-1-3-5-11/h1-7,9H,(H,14,15). The molecule has 0 aliphatic carbocycles. The summed E-state index contributed by atoms with van der Waals surface area (Å²) in [4.78, 5) is 3.90. The Morgan fingerprint density at radius 3 is 2.67 bits per heavy atom. The highest BCUT2D eigenvalue weighted by molar-refractivity contribution is 5.65. The second kappa shape index (κ2) is 4.25. The van der Waals surface area contributed by atoms with Crippen molar-refractivity contribution in [3.63, 3.8) is 0 Å². The fourth-order valence-corrected chi connectivity index (χ4v) is 1.27. The summed E-state index contributed by atoms with van der Waals surface area (Å²) in [7, 11) is 0. The van der Waals surface area contributed by atoms with Gasteiger partial charge in [0.2, 0.25) is 0 Å². The minimum Gasteiger partial charge on any atom is -0.354 e. The Morgan fingerprint density at radius 2 is 1.93 bits per heavy atom. The van der Waals surface area contributed by atoms with Crippen molar-refractivity contribution in [2.45, 2.75) is 0 Å². The third kappa shape index (κ3) is 2.12. The van der Waals surface area contributed by atoms with E-state index in [0.29, 0.717) is 5.56 Å². The van der Waals surface area contributed by atoms with E-state index in [4.69, 9.17) is 5.26 Å². The lowest BCUT2D eigenvalue weighted by atomic mass is 10.2. The molecule has 1 aromatic carbocycles. The molecule has 0 fully saturated rings. The van der Waals surface area contributed by atoms with E-state index in [0.717, 1.165) is 11.4 Å². The van der Waals surface area contributed by atoms with Gasteiger partial charge in [-0.3, -0.25) is 4.98 Å². The van der Waals surface area contributed by atoms with Crippen molar-refractivity contribution >= 4 is 11.4 Å². The fraction of sp³-hybridized carbons (Fsp3) is 0. The molecule has 2 aromatic rings. The predicted molar refractivity (Wildman–Crippen MR) is 58.7 cm³/mol. The number of rotatable bonds is 2. The molecular formula is C12H9N3. The van der Waals surface area contributed by atoms with Crippen LogP contribution >= 0.6 is 0 Å². The van der Waals surface area contributed by atoms with Crippen LogP contribution in [0.5, 0.6) is 0 Å². The maximum absolute atomic E-state index is 8.87. The summed E-state index contributed by atoms with van der Waals surface area (Å²) in [6, 6.07) is 13.6. The number of para-hydroxylation sites is 1. The van der Waals surface area contributed by atoms with E-state index in [1.165, 1.54) is 0 Å². The van der Waals surface area contributed by atoms with Gasteiger partial charge in [-0.25, -0.2) is 0 Å². The van der Waals surface area contributed by atoms with Crippen LogP contribution in [0.25, 0.3) is 0 Å². The largest absolute Gasteiger partial charge is 0.354 e. The first-order valence-corrected chi connectivity index (χ1v) is 4.56. The first kappa shape index (κ1) is 9.22. The molecule has 1 N–H and O–H groups in total. The van der Waals surface area contributed by atoms with Crippen LogP contribution in [-0.4, -0.2) is 4.98 Å². The highest BCUT2D eigenvalue weighted by Gasteiger charge is 2.00. The SMILES string of the molecule is N#Cc1cnccc1Nc1ccccc1. The van der Waals surface area contributed by atoms with Crippen LogP contribution in [0.15, 0.2) is 48.8 Å². The van der Waals surface area contributed by atoms with Crippen LogP contribution in [0.1, 0.15) is 5.56 Å². The lowest BCUT2D eigenvalue weighted by molar-refractivity contribution is 1.30. The predicted octanol–water partition coefficient (Wildman–Crippen LogP) is 2.70. The Labute approximate surface area is 88.0 Å². The molecule has 0 unspecified atom stereocenters. The van der Waals surface area contributed by atoms with Gasteiger partial charge in [-0.05, 0) is 18.2 Å². The van der Waals surface area contributed by atoms with Gasteiger partial charge in [-0.2, -0.15) is 5.26 Å². The summed E-state index contributed by atoms with van der Waals surface area (Å²) in [6.45, 7) is 0. The van der Waals surface area contributed by atoms with Crippen LogP contribution in [0.4, 0.5) is 11.4 Å². The molecule has 0 radical (unpaired) electrons. The molecule has 0 aliphatic heterocycles. The molecule has 0 bridgehead atoms. The lowest BCUT2D eigenvalue weighted by Gasteiger charge is -2.06. The van der Waals surface area contributed by atoms with E-state index >= 15 is 0 Å². The van der Waals surface area contributed by atoms with Crippen LogP contribution in [0.2, 0.25) is 0 Å². The Bertz CT molecular complexity index is 486. The summed E-state index contributed by atoms with van der Waals surface area (Å²) in [5.41, 5.74) is 2.28. The zero-order chi connectivity index (χ0) is 10.5. The molecule has 1 aromatic heterocycles. The molecule has 3 heteroatoms. The van der Waals surface area contributed by atoms with Gasteiger partial charge >= 0.3 is 0 Å². The smallest absolute Gasteiger partial charge is 0.103 e. The average Bonchev–Trinajstić information content (AvgIpc) is 2.31. The van der Waals surface area contributed by atoms with Gasteiger partial charge in [0.15, 0.2) is 0 Å². The van der Waals surface area contributed by atoms with Crippen molar-refractivity contribution in [3.8, 4) is 6.07 Å². The maximum Gasteiger partial charge on any atom is 0.103 e. The molecule has 0 atom stereocenters. The second-order valence-electron chi connectivity index (χ2n) is 3.02. The molecule has 0 spiro atoms. The van der Waals surface area contributed by atoms with Crippen molar-refractivity contribution in [1.29, 1.82) is 5.26 Å². The summed E-state index contributed by atoms with van der Waals surface area (Å²) in [6.07, 6.45) is 3.21. The number of pyridine rings is 1. The molecule has 0 aliphatic rings. The van der Waals surface area contributed by atoms with Crippen molar-refractivity contribution in [1.82, 2.24) is 4.98 Å². The maximum atomic E-state index is 8.87. The van der Waals surface area contributed by atoms with Gasteiger partial charge in [0.25, 0.3) is 0 Å². The van der Waals surface area contributed by atoms with Crippen molar-refractivity contribution in [2.75, 3.05) is 5.32 Å². The van der Waals surface area contributed by atoms with E-state index in [1.54, 1.807) is 18.5 Å². The highest BCUT2D eigenvalue weighted by atomic mass is 14.9. The topological polar surface area (TPSA) is 48.7 Å². The third-order valence-corrected chi connectivity index (χ3v) is 1.99. The minimum atomic E-state index is 0.543. The number of nitriles is 1. The summed E-state index contributed by atoms with van der Waals surface area (Å²) < 4.78 is 0. The van der Waals surface area contributed by atoms with E-state index in [1.807, 2.05) is 30.3 Å². The Kier molecular flexibility index (Phi) is 2.61.